The SMILES string of the molecule is CCC(C(=O)NC(C)C)N(Cc1cccc(OC)c1)C(=O)CN(c1cccc(C)c1C)S(=O)(=O)c1ccc(C)cc1. The van der Waals surface area contributed by atoms with Crippen LogP contribution in [0.15, 0.2) is 71.6 Å². The van der Waals surface area contributed by atoms with E-state index in [2.05, 4.69) is 5.32 Å². The molecule has 41 heavy (non-hydrogen) atoms. The van der Waals surface area contributed by atoms with Gasteiger partial charge in [-0.05, 0) is 88.1 Å². The topological polar surface area (TPSA) is 96.0 Å². The lowest BCUT2D eigenvalue weighted by molar-refractivity contribution is -0.140. The van der Waals surface area contributed by atoms with E-state index in [9.17, 15) is 18.0 Å². The summed E-state index contributed by atoms with van der Waals surface area (Å²) in [6.07, 6.45) is 0.350. The summed E-state index contributed by atoms with van der Waals surface area (Å²) in [6.45, 7) is 10.8. The number of anilines is 1. The molecule has 1 unspecified atom stereocenters. The molecule has 1 atom stereocenters. The summed E-state index contributed by atoms with van der Waals surface area (Å²) in [5.41, 5.74) is 3.74. The molecule has 0 aliphatic heterocycles. The van der Waals surface area contributed by atoms with Gasteiger partial charge in [-0.2, -0.15) is 0 Å². The lowest BCUT2D eigenvalue weighted by Gasteiger charge is -2.34. The smallest absolute Gasteiger partial charge is 0.264 e. The number of carbonyl (C=O) groups excluding carboxylic acids is 2. The zero-order chi connectivity index (χ0) is 30.3. The molecule has 8 nitrogen and oxygen atoms in total. The van der Waals surface area contributed by atoms with E-state index in [0.717, 1.165) is 26.6 Å². The van der Waals surface area contributed by atoms with E-state index in [1.54, 1.807) is 55.6 Å². The van der Waals surface area contributed by atoms with Crippen molar-refractivity contribution in [3.8, 4) is 5.75 Å². The van der Waals surface area contributed by atoms with Gasteiger partial charge in [-0.15, -0.1) is 0 Å². The van der Waals surface area contributed by atoms with Crippen LogP contribution < -0.4 is 14.4 Å². The maximum atomic E-state index is 14.2. The number of hydrogen-bond donors (Lipinski definition) is 1. The number of sulfonamides is 1. The van der Waals surface area contributed by atoms with Gasteiger partial charge in [0.1, 0.15) is 18.3 Å². The summed E-state index contributed by atoms with van der Waals surface area (Å²) < 4.78 is 34.7. The van der Waals surface area contributed by atoms with Crippen LogP contribution in [0.25, 0.3) is 0 Å². The number of benzene rings is 3. The number of carbonyl (C=O) groups is 2. The Morgan fingerprint density at radius 1 is 0.951 bits per heavy atom. The lowest BCUT2D eigenvalue weighted by atomic mass is 10.1. The van der Waals surface area contributed by atoms with Crippen LogP contribution in [0.3, 0.4) is 0 Å². The number of hydrogen-bond acceptors (Lipinski definition) is 5. The van der Waals surface area contributed by atoms with Gasteiger partial charge in [0.15, 0.2) is 0 Å². The second kappa shape index (κ2) is 13.7. The van der Waals surface area contributed by atoms with Crippen molar-refractivity contribution in [1.29, 1.82) is 0 Å². The minimum Gasteiger partial charge on any atom is -0.497 e. The molecule has 0 aromatic heterocycles. The summed E-state index contributed by atoms with van der Waals surface area (Å²) in [6, 6.07) is 18.3. The highest BCUT2D eigenvalue weighted by molar-refractivity contribution is 7.92. The predicted octanol–water partition coefficient (Wildman–Crippen LogP) is 5.15. The molecule has 0 aliphatic rings. The molecule has 1 N–H and O–H groups in total. The van der Waals surface area contributed by atoms with E-state index >= 15 is 0 Å². The van der Waals surface area contributed by atoms with Crippen molar-refractivity contribution in [1.82, 2.24) is 10.2 Å². The molecule has 9 heteroatoms. The Morgan fingerprint density at radius 2 is 1.61 bits per heavy atom. The van der Waals surface area contributed by atoms with Gasteiger partial charge in [0, 0.05) is 12.6 Å². The molecule has 0 fully saturated rings. The normalized spacial score (nSPS) is 12.1. The minimum atomic E-state index is -4.13. The zero-order valence-corrected chi connectivity index (χ0v) is 25.8. The molecular formula is C32H41N3O5S. The van der Waals surface area contributed by atoms with Crippen molar-refractivity contribution in [2.45, 2.75) is 71.5 Å². The van der Waals surface area contributed by atoms with E-state index in [1.165, 1.54) is 4.90 Å². The predicted molar refractivity (Wildman–Crippen MR) is 163 cm³/mol. The lowest BCUT2D eigenvalue weighted by Crippen LogP contribution is -2.53. The highest BCUT2D eigenvalue weighted by Crippen LogP contribution is 2.29. The number of methoxy groups -OCH3 is 1. The van der Waals surface area contributed by atoms with Gasteiger partial charge < -0.3 is 15.0 Å². The molecule has 0 saturated carbocycles. The summed E-state index contributed by atoms with van der Waals surface area (Å²) in [7, 11) is -2.57. The second-order valence-electron chi connectivity index (χ2n) is 10.5. The molecule has 0 spiro atoms. The molecule has 2 amide bonds. The molecule has 220 valence electrons. The van der Waals surface area contributed by atoms with Gasteiger partial charge in [0.25, 0.3) is 10.0 Å². The van der Waals surface area contributed by atoms with Gasteiger partial charge in [0.2, 0.25) is 11.8 Å². The minimum absolute atomic E-state index is 0.0840. The third kappa shape index (κ3) is 7.67. The zero-order valence-electron chi connectivity index (χ0n) is 25.0. The fourth-order valence-corrected chi connectivity index (χ4v) is 6.10. The number of aryl methyl sites for hydroxylation is 2. The van der Waals surface area contributed by atoms with Crippen molar-refractivity contribution < 1.29 is 22.7 Å². The van der Waals surface area contributed by atoms with E-state index in [0.29, 0.717) is 17.9 Å². The Hall–Kier alpha value is -3.85. The summed E-state index contributed by atoms with van der Waals surface area (Å²) in [5, 5.41) is 2.91. The Balaban J connectivity index is 2.11. The van der Waals surface area contributed by atoms with Crippen LogP contribution in [0, 0.1) is 20.8 Å². The van der Waals surface area contributed by atoms with Crippen molar-refractivity contribution in [2.24, 2.45) is 0 Å². The number of ether oxygens (including phenoxy) is 1. The summed E-state index contributed by atoms with van der Waals surface area (Å²) in [5.74, 6) is -0.165. The third-order valence-corrected chi connectivity index (χ3v) is 8.81. The standard InChI is InChI=1S/C32H41N3O5S/c1-8-29(32(37)33-22(2)3)34(20-26-12-10-13-27(19-26)40-7)31(36)21-35(30-14-9-11-24(5)25(30)6)41(38,39)28-17-15-23(4)16-18-28/h9-19,22,29H,8,20-21H2,1-7H3,(H,33,37). The molecule has 0 heterocycles. The highest BCUT2D eigenvalue weighted by Gasteiger charge is 2.34. The van der Waals surface area contributed by atoms with Crippen LogP contribution in [0.5, 0.6) is 5.75 Å². The molecule has 0 saturated heterocycles. The van der Waals surface area contributed by atoms with E-state index < -0.39 is 28.5 Å². The van der Waals surface area contributed by atoms with Gasteiger partial charge >= 0.3 is 0 Å². The van der Waals surface area contributed by atoms with Crippen LogP contribution in [0.4, 0.5) is 5.69 Å². The van der Waals surface area contributed by atoms with Crippen molar-refractivity contribution in [3.05, 3.63) is 89.0 Å². The highest BCUT2D eigenvalue weighted by atomic mass is 32.2. The molecule has 3 aromatic carbocycles. The third-order valence-electron chi connectivity index (χ3n) is 7.04. The first kappa shape index (κ1) is 31.7. The first-order chi connectivity index (χ1) is 19.4. The van der Waals surface area contributed by atoms with Crippen LogP contribution in [-0.2, 0) is 26.2 Å². The second-order valence-corrected chi connectivity index (χ2v) is 12.4. The molecule has 3 rings (SSSR count). The number of rotatable bonds is 12. The molecule has 0 bridgehead atoms. The number of nitrogens with one attached hydrogen (secondary N) is 1. The average Bonchev–Trinajstić information content (AvgIpc) is 2.93. The molecule has 0 aliphatic carbocycles. The summed E-state index contributed by atoms with van der Waals surface area (Å²) in [4.78, 5) is 29.1. The van der Waals surface area contributed by atoms with Gasteiger partial charge in [0.05, 0.1) is 17.7 Å². The van der Waals surface area contributed by atoms with Crippen LogP contribution in [0.1, 0.15) is 49.4 Å². The van der Waals surface area contributed by atoms with Crippen LogP contribution in [-0.4, -0.2) is 50.9 Å². The molecular weight excluding hydrogens is 538 g/mol. The Bertz CT molecular complexity index is 1470. The van der Waals surface area contributed by atoms with Crippen molar-refractivity contribution in [2.75, 3.05) is 18.0 Å². The van der Waals surface area contributed by atoms with E-state index in [4.69, 9.17) is 4.74 Å². The number of nitrogens with zero attached hydrogens (tertiary/aromatic N) is 2. The maximum Gasteiger partial charge on any atom is 0.264 e. The van der Waals surface area contributed by atoms with E-state index in [1.807, 2.05) is 59.7 Å². The largest absolute Gasteiger partial charge is 0.497 e. The Kier molecular flexibility index (Phi) is 10.6. The number of amides is 2. The van der Waals surface area contributed by atoms with Gasteiger partial charge in [-0.25, -0.2) is 8.42 Å². The molecule has 3 aromatic rings. The quantitative estimate of drug-likeness (QED) is 0.320. The summed E-state index contributed by atoms with van der Waals surface area (Å²) >= 11 is 0. The fraction of sp³-hybridized carbons (Fsp3) is 0.375. The average molecular weight is 580 g/mol. The van der Waals surface area contributed by atoms with Crippen molar-refractivity contribution >= 4 is 27.5 Å². The first-order valence-electron chi connectivity index (χ1n) is 13.8. The van der Waals surface area contributed by atoms with Crippen LogP contribution >= 0.6 is 0 Å². The van der Waals surface area contributed by atoms with Gasteiger partial charge in [-0.1, -0.05) is 48.9 Å². The molecule has 0 radical (unpaired) electrons. The maximum absolute atomic E-state index is 14.2. The van der Waals surface area contributed by atoms with E-state index in [-0.39, 0.29) is 23.4 Å². The Morgan fingerprint density at radius 3 is 2.22 bits per heavy atom. The van der Waals surface area contributed by atoms with Crippen LogP contribution in [0.2, 0.25) is 0 Å². The fourth-order valence-electron chi connectivity index (χ4n) is 4.62. The monoisotopic (exact) mass is 579 g/mol. The Labute approximate surface area is 244 Å². The van der Waals surface area contributed by atoms with Crippen molar-refractivity contribution in [3.63, 3.8) is 0 Å². The van der Waals surface area contributed by atoms with Gasteiger partial charge in [-0.3, -0.25) is 13.9 Å². The first-order valence-corrected chi connectivity index (χ1v) is 15.2.